The third kappa shape index (κ3) is 3.03. The SMILES string of the molecule is CC(OC1CCCSC1)C(=O)O. The minimum Gasteiger partial charge on any atom is -0.479 e. The van der Waals surface area contributed by atoms with E-state index < -0.39 is 12.1 Å². The number of carboxylic acid groups (broad SMARTS) is 1. The van der Waals surface area contributed by atoms with Gasteiger partial charge in [0.1, 0.15) is 0 Å². The molecule has 0 spiro atoms. The van der Waals surface area contributed by atoms with Crippen LogP contribution in [0.1, 0.15) is 19.8 Å². The largest absolute Gasteiger partial charge is 0.479 e. The fourth-order valence-corrected chi connectivity index (χ4v) is 2.21. The molecule has 2 unspecified atom stereocenters. The summed E-state index contributed by atoms with van der Waals surface area (Å²) >= 11 is 1.84. The molecule has 1 fully saturated rings. The van der Waals surface area contributed by atoms with Crippen molar-refractivity contribution in [3.63, 3.8) is 0 Å². The van der Waals surface area contributed by atoms with Crippen molar-refractivity contribution in [2.24, 2.45) is 0 Å². The molecule has 0 aromatic heterocycles. The maximum atomic E-state index is 10.4. The monoisotopic (exact) mass is 190 g/mol. The Balaban J connectivity index is 2.24. The Hall–Kier alpha value is -0.220. The van der Waals surface area contributed by atoms with Gasteiger partial charge in [-0.15, -0.1) is 0 Å². The van der Waals surface area contributed by atoms with Gasteiger partial charge in [-0.3, -0.25) is 0 Å². The maximum absolute atomic E-state index is 10.4. The summed E-state index contributed by atoms with van der Waals surface area (Å²) in [4.78, 5) is 10.4. The molecule has 1 rings (SSSR count). The highest BCUT2D eigenvalue weighted by atomic mass is 32.2. The van der Waals surface area contributed by atoms with E-state index in [0.717, 1.165) is 18.6 Å². The second kappa shape index (κ2) is 4.72. The molecular formula is C8H14O3S. The van der Waals surface area contributed by atoms with E-state index in [9.17, 15) is 4.79 Å². The van der Waals surface area contributed by atoms with Gasteiger partial charge in [0.05, 0.1) is 6.10 Å². The van der Waals surface area contributed by atoms with Gasteiger partial charge in [0.2, 0.25) is 0 Å². The van der Waals surface area contributed by atoms with E-state index >= 15 is 0 Å². The van der Waals surface area contributed by atoms with E-state index in [1.807, 2.05) is 11.8 Å². The maximum Gasteiger partial charge on any atom is 0.332 e. The number of carbonyl (C=O) groups is 1. The van der Waals surface area contributed by atoms with Crippen molar-refractivity contribution < 1.29 is 14.6 Å². The van der Waals surface area contributed by atoms with Gasteiger partial charge >= 0.3 is 5.97 Å². The predicted octanol–water partition coefficient (Wildman–Crippen LogP) is 1.37. The third-order valence-corrected chi connectivity index (χ3v) is 3.05. The lowest BCUT2D eigenvalue weighted by Gasteiger charge is -2.23. The normalized spacial score (nSPS) is 26.6. The summed E-state index contributed by atoms with van der Waals surface area (Å²) in [5.74, 6) is 1.25. The highest BCUT2D eigenvalue weighted by Gasteiger charge is 2.20. The van der Waals surface area contributed by atoms with Crippen LogP contribution in [0.5, 0.6) is 0 Å². The number of carboxylic acids is 1. The van der Waals surface area contributed by atoms with E-state index in [1.54, 1.807) is 6.92 Å². The standard InChI is InChI=1S/C8H14O3S/c1-6(8(9)10)11-7-3-2-4-12-5-7/h6-7H,2-5H2,1H3,(H,9,10). The second-order valence-electron chi connectivity index (χ2n) is 2.96. The number of hydrogen-bond acceptors (Lipinski definition) is 3. The van der Waals surface area contributed by atoms with Crippen LogP contribution in [0.2, 0.25) is 0 Å². The number of rotatable bonds is 3. The van der Waals surface area contributed by atoms with Gasteiger partial charge in [-0.25, -0.2) is 4.79 Å². The highest BCUT2D eigenvalue weighted by Crippen LogP contribution is 2.20. The van der Waals surface area contributed by atoms with Gasteiger partial charge < -0.3 is 9.84 Å². The molecule has 3 nitrogen and oxygen atoms in total. The minimum atomic E-state index is -0.870. The molecule has 0 aromatic carbocycles. The molecule has 2 atom stereocenters. The van der Waals surface area contributed by atoms with Crippen molar-refractivity contribution in [2.75, 3.05) is 11.5 Å². The first-order chi connectivity index (χ1) is 5.70. The van der Waals surface area contributed by atoms with E-state index in [2.05, 4.69) is 0 Å². The van der Waals surface area contributed by atoms with E-state index in [-0.39, 0.29) is 6.10 Å². The topological polar surface area (TPSA) is 46.5 Å². The summed E-state index contributed by atoms with van der Waals surface area (Å²) in [6.45, 7) is 1.58. The molecule has 0 aromatic rings. The fourth-order valence-electron chi connectivity index (χ4n) is 1.17. The molecule has 1 aliphatic heterocycles. The Morgan fingerprint density at radius 3 is 3.00 bits per heavy atom. The Kier molecular flexibility index (Phi) is 3.88. The van der Waals surface area contributed by atoms with E-state index in [1.165, 1.54) is 5.75 Å². The van der Waals surface area contributed by atoms with Crippen LogP contribution in [0.25, 0.3) is 0 Å². The lowest BCUT2D eigenvalue weighted by molar-refractivity contribution is -0.152. The number of thioether (sulfide) groups is 1. The first-order valence-electron chi connectivity index (χ1n) is 4.16. The molecule has 1 aliphatic rings. The third-order valence-electron chi connectivity index (χ3n) is 1.86. The lowest BCUT2D eigenvalue weighted by atomic mass is 10.2. The van der Waals surface area contributed by atoms with Crippen molar-refractivity contribution in [1.29, 1.82) is 0 Å². The van der Waals surface area contributed by atoms with Crippen molar-refractivity contribution in [3.05, 3.63) is 0 Å². The molecule has 1 N–H and O–H groups in total. The van der Waals surface area contributed by atoms with Crippen LogP contribution in [0.3, 0.4) is 0 Å². The Morgan fingerprint density at radius 1 is 1.75 bits per heavy atom. The molecule has 70 valence electrons. The predicted molar refractivity (Wildman–Crippen MR) is 48.5 cm³/mol. The van der Waals surface area contributed by atoms with Crippen molar-refractivity contribution in [1.82, 2.24) is 0 Å². The van der Waals surface area contributed by atoms with Gasteiger partial charge in [0, 0.05) is 5.75 Å². The molecule has 0 bridgehead atoms. The molecule has 1 saturated heterocycles. The minimum absolute atomic E-state index is 0.148. The van der Waals surface area contributed by atoms with E-state index in [4.69, 9.17) is 9.84 Å². The zero-order valence-corrected chi connectivity index (χ0v) is 7.97. The van der Waals surface area contributed by atoms with Crippen LogP contribution >= 0.6 is 11.8 Å². The summed E-state index contributed by atoms with van der Waals surface area (Å²) < 4.78 is 5.33. The molecule has 4 heteroatoms. The average molecular weight is 190 g/mol. The fraction of sp³-hybridized carbons (Fsp3) is 0.875. The summed E-state index contributed by atoms with van der Waals surface area (Å²) in [5.41, 5.74) is 0. The van der Waals surface area contributed by atoms with Crippen molar-refractivity contribution in [3.8, 4) is 0 Å². The Bertz CT molecular complexity index is 154. The smallest absolute Gasteiger partial charge is 0.332 e. The van der Waals surface area contributed by atoms with Crippen LogP contribution in [-0.2, 0) is 9.53 Å². The first-order valence-corrected chi connectivity index (χ1v) is 5.31. The quantitative estimate of drug-likeness (QED) is 0.730. The Labute approximate surface area is 76.5 Å². The van der Waals surface area contributed by atoms with Crippen molar-refractivity contribution in [2.45, 2.75) is 32.0 Å². The first kappa shape index (κ1) is 9.86. The summed E-state index contributed by atoms with van der Waals surface area (Å²) in [6, 6.07) is 0. The lowest BCUT2D eigenvalue weighted by Crippen LogP contribution is -2.29. The molecule has 0 saturated carbocycles. The van der Waals surface area contributed by atoms with Crippen LogP contribution in [0.4, 0.5) is 0 Å². The van der Waals surface area contributed by atoms with Gasteiger partial charge in [-0.1, -0.05) is 0 Å². The molecule has 12 heavy (non-hydrogen) atoms. The zero-order chi connectivity index (χ0) is 8.97. The number of ether oxygens (including phenoxy) is 1. The molecule has 0 amide bonds. The number of hydrogen-bond donors (Lipinski definition) is 1. The second-order valence-corrected chi connectivity index (χ2v) is 4.11. The molecule has 0 aliphatic carbocycles. The highest BCUT2D eigenvalue weighted by molar-refractivity contribution is 7.99. The van der Waals surface area contributed by atoms with Crippen LogP contribution in [0.15, 0.2) is 0 Å². The van der Waals surface area contributed by atoms with Crippen LogP contribution in [-0.4, -0.2) is 34.8 Å². The molecular weight excluding hydrogens is 176 g/mol. The summed E-state index contributed by atoms with van der Waals surface area (Å²) in [7, 11) is 0. The van der Waals surface area contributed by atoms with E-state index in [0.29, 0.717) is 0 Å². The van der Waals surface area contributed by atoms with Gasteiger partial charge in [-0.2, -0.15) is 11.8 Å². The number of aliphatic carboxylic acids is 1. The van der Waals surface area contributed by atoms with Gasteiger partial charge in [-0.05, 0) is 25.5 Å². The van der Waals surface area contributed by atoms with Gasteiger partial charge in [0.15, 0.2) is 6.10 Å². The summed E-state index contributed by atoms with van der Waals surface area (Å²) in [5, 5.41) is 8.58. The van der Waals surface area contributed by atoms with Crippen LogP contribution in [0, 0.1) is 0 Å². The summed E-state index contributed by atoms with van der Waals surface area (Å²) in [6.07, 6.45) is 1.63. The molecule has 0 radical (unpaired) electrons. The Morgan fingerprint density at radius 2 is 2.50 bits per heavy atom. The van der Waals surface area contributed by atoms with Crippen molar-refractivity contribution >= 4 is 17.7 Å². The molecule has 1 heterocycles. The average Bonchev–Trinajstić information content (AvgIpc) is 2.06. The van der Waals surface area contributed by atoms with Crippen LogP contribution < -0.4 is 0 Å². The zero-order valence-electron chi connectivity index (χ0n) is 7.16. The van der Waals surface area contributed by atoms with Gasteiger partial charge in [0.25, 0.3) is 0 Å².